The van der Waals surface area contributed by atoms with Gasteiger partial charge in [-0.05, 0) is 19.1 Å². The SMILES string of the molecule is C[C@@H]1CC(=O)[C@@H](CS(=O)(=O)c2ccccc2)O1. The van der Waals surface area contributed by atoms with Gasteiger partial charge in [0.25, 0.3) is 0 Å². The Labute approximate surface area is 101 Å². The first-order valence-corrected chi connectivity index (χ1v) is 7.10. The number of sulfone groups is 1. The molecule has 1 heterocycles. The number of carbonyl (C=O) groups excluding carboxylic acids is 1. The molecular weight excluding hydrogens is 240 g/mol. The number of rotatable bonds is 3. The second-order valence-corrected chi connectivity index (χ2v) is 6.23. The summed E-state index contributed by atoms with van der Waals surface area (Å²) in [5, 5.41) is 0. The van der Waals surface area contributed by atoms with Gasteiger partial charge in [-0.25, -0.2) is 8.42 Å². The molecule has 1 aromatic carbocycles. The third kappa shape index (κ3) is 2.73. The minimum absolute atomic E-state index is 0.128. The van der Waals surface area contributed by atoms with E-state index < -0.39 is 15.9 Å². The molecule has 0 amide bonds. The van der Waals surface area contributed by atoms with Gasteiger partial charge in [-0.1, -0.05) is 18.2 Å². The van der Waals surface area contributed by atoms with Crippen LogP contribution in [0.3, 0.4) is 0 Å². The highest BCUT2D eigenvalue weighted by Gasteiger charge is 2.34. The Balaban J connectivity index is 2.16. The number of ketones is 1. The molecule has 0 aromatic heterocycles. The van der Waals surface area contributed by atoms with Gasteiger partial charge in [0, 0.05) is 6.42 Å². The first kappa shape index (κ1) is 12.3. The van der Waals surface area contributed by atoms with Crippen LogP contribution in [0.5, 0.6) is 0 Å². The number of hydrogen-bond acceptors (Lipinski definition) is 4. The van der Waals surface area contributed by atoms with Crippen LogP contribution in [-0.2, 0) is 19.4 Å². The molecule has 1 saturated heterocycles. The average Bonchev–Trinajstić information content (AvgIpc) is 2.58. The van der Waals surface area contributed by atoms with Crippen molar-refractivity contribution in [3.63, 3.8) is 0 Å². The molecule has 0 bridgehead atoms. The van der Waals surface area contributed by atoms with Crippen molar-refractivity contribution in [3.05, 3.63) is 30.3 Å². The van der Waals surface area contributed by atoms with Gasteiger partial charge in [-0.2, -0.15) is 0 Å². The highest BCUT2D eigenvalue weighted by molar-refractivity contribution is 7.91. The van der Waals surface area contributed by atoms with E-state index in [1.165, 1.54) is 12.1 Å². The minimum Gasteiger partial charge on any atom is -0.366 e. The summed E-state index contributed by atoms with van der Waals surface area (Å²) in [5.41, 5.74) is 0. The molecule has 92 valence electrons. The molecule has 5 heteroatoms. The Hall–Kier alpha value is -1.20. The van der Waals surface area contributed by atoms with E-state index in [0.717, 1.165) is 0 Å². The molecule has 1 fully saturated rings. The van der Waals surface area contributed by atoms with Gasteiger partial charge < -0.3 is 4.74 Å². The smallest absolute Gasteiger partial charge is 0.181 e. The van der Waals surface area contributed by atoms with Crippen molar-refractivity contribution < 1.29 is 17.9 Å². The van der Waals surface area contributed by atoms with E-state index in [1.807, 2.05) is 0 Å². The molecule has 0 saturated carbocycles. The van der Waals surface area contributed by atoms with Gasteiger partial charge in [-0.15, -0.1) is 0 Å². The van der Waals surface area contributed by atoms with Crippen LogP contribution in [0, 0.1) is 0 Å². The molecule has 1 aromatic rings. The van der Waals surface area contributed by atoms with Crippen LogP contribution in [0.1, 0.15) is 13.3 Å². The van der Waals surface area contributed by atoms with Gasteiger partial charge >= 0.3 is 0 Å². The number of benzene rings is 1. The molecule has 4 nitrogen and oxygen atoms in total. The minimum atomic E-state index is -3.45. The Morgan fingerprint density at radius 3 is 2.47 bits per heavy atom. The van der Waals surface area contributed by atoms with Crippen molar-refractivity contribution in [1.82, 2.24) is 0 Å². The van der Waals surface area contributed by atoms with E-state index in [-0.39, 0.29) is 22.5 Å². The van der Waals surface area contributed by atoms with Crippen molar-refractivity contribution in [3.8, 4) is 0 Å². The molecule has 17 heavy (non-hydrogen) atoms. The fourth-order valence-corrected chi connectivity index (χ4v) is 3.30. The maximum Gasteiger partial charge on any atom is 0.181 e. The van der Waals surface area contributed by atoms with Gasteiger partial charge in [0.2, 0.25) is 0 Å². The molecule has 2 atom stereocenters. The first-order valence-electron chi connectivity index (χ1n) is 5.45. The number of carbonyl (C=O) groups is 1. The van der Waals surface area contributed by atoms with Crippen molar-refractivity contribution in [1.29, 1.82) is 0 Å². The van der Waals surface area contributed by atoms with E-state index in [4.69, 9.17) is 4.74 Å². The van der Waals surface area contributed by atoms with E-state index in [0.29, 0.717) is 6.42 Å². The molecule has 2 rings (SSSR count). The number of hydrogen-bond donors (Lipinski definition) is 0. The van der Waals surface area contributed by atoms with Crippen molar-refractivity contribution in [2.75, 3.05) is 5.75 Å². The van der Waals surface area contributed by atoms with Crippen LogP contribution in [0.15, 0.2) is 35.2 Å². The predicted octanol–water partition coefficient (Wildman–Crippen LogP) is 1.21. The molecule has 0 spiro atoms. The Bertz CT molecular complexity index is 507. The van der Waals surface area contributed by atoms with Crippen LogP contribution in [0.4, 0.5) is 0 Å². The summed E-state index contributed by atoms with van der Waals surface area (Å²) in [6, 6.07) is 8.12. The molecule has 1 aliphatic rings. The van der Waals surface area contributed by atoms with Crippen molar-refractivity contribution in [2.24, 2.45) is 0 Å². The lowest BCUT2D eigenvalue weighted by Crippen LogP contribution is -2.26. The van der Waals surface area contributed by atoms with E-state index >= 15 is 0 Å². The monoisotopic (exact) mass is 254 g/mol. The van der Waals surface area contributed by atoms with Crippen molar-refractivity contribution in [2.45, 2.75) is 30.4 Å². The Kier molecular flexibility index (Phi) is 3.31. The normalized spacial score (nSPS) is 25.1. The molecule has 1 aliphatic heterocycles. The maximum atomic E-state index is 12.0. The maximum absolute atomic E-state index is 12.0. The lowest BCUT2D eigenvalue weighted by atomic mass is 10.2. The predicted molar refractivity (Wildman–Crippen MR) is 62.5 cm³/mol. The van der Waals surface area contributed by atoms with Gasteiger partial charge in [0.05, 0.1) is 16.8 Å². The molecule has 0 unspecified atom stereocenters. The fourth-order valence-electron chi connectivity index (χ4n) is 1.87. The Morgan fingerprint density at radius 1 is 1.29 bits per heavy atom. The quantitative estimate of drug-likeness (QED) is 0.813. The highest BCUT2D eigenvalue weighted by atomic mass is 32.2. The highest BCUT2D eigenvalue weighted by Crippen LogP contribution is 2.20. The largest absolute Gasteiger partial charge is 0.366 e. The molecule has 0 aliphatic carbocycles. The first-order chi connectivity index (χ1) is 7.99. The summed E-state index contributed by atoms with van der Waals surface area (Å²) in [7, 11) is -3.45. The summed E-state index contributed by atoms with van der Waals surface area (Å²) < 4.78 is 29.3. The third-order valence-electron chi connectivity index (χ3n) is 2.72. The van der Waals surface area contributed by atoms with Crippen LogP contribution >= 0.6 is 0 Å². The second kappa shape index (κ2) is 4.58. The molecule has 0 radical (unpaired) electrons. The number of ether oxygens (including phenoxy) is 1. The Morgan fingerprint density at radius 2 is 1.94 bits per heavy atom. The van der Waals surface area contributed by atoms with Crippen molar-refractivity contribution >= 4 is 15.6 Å². The summed E-state index contributed by atoms with van der Waals surface area (Å²) in [6.45, 7) is 1.77. The topological polar surface area (TPSA) is 60.4 Å². The lowest BCUT2D eigenvalue weighted by molar-refractivity contribution is -0.121. The van der Waals surface area contributed by atoms with E-state index in [9.17, 15) is 13.2 Å². The standard InChI is InChI=1S/C12H14O4S/c1-9-7-11(13)12(16-9)8-17(14,15)10-5-3-2-4-6-10/h2-6,9,12H,7-8H2,1H3/t9-,12-/m1/s1. The second-order valence-electron chi connectivity index (χ2n) is 4.20. The van der Waals surface area contributed by atoms with Crippen LogP contribution in [0.2, 0.25) is 0 Å². The zero-order chi connectivity index (χ0) is 12.5. The van der Waals surface area contributed by atoms with E-state index in [2.05, 4.69) is 0 Å². The van der Waals surface area contributed by atoms with Gasteiger partial charge in [0.1, 0.15) is 6.10 Å². The molecular formula is C12H14O4S. The zero-order valence-corrected chi connectivity index (χ0v) is 10.3. The van der Waals surface area contributed by atoms with Crippen LogP contribution in [0.25, 0.3) is 0 Å². The summed E-state index contributed by atoms with van der Waals surface area (Å²) in [4.78, 5) is 11.7. The summed E-state index contributed by atoms with van der Waals surface area (Å²) in [6.07, 6.45) is -0.691. The summed E-state index contributed by atoms with van der Waals surface area (Å²) in [5.74, 6) is -0.391. The summed E-state index contributed by atoms with van der Waals surface area (Å²) >= 11 is 0. The van der Waals surface area contributed by atoms with Gasteiger partial charge in [-0.3, -0.25) is 4.79 Å². The zero-order valence-electron chi connectivity index (χ0n) is 9.50. The van der Waals surface area contributed by atoms with Crippen LogP contribution < -0.4 is 0 Å². The number of Topliss-reactive ketones (excluding diaryl/α,β-unsaturated/α-hetero) is 1. The third-order valence-corrected chi connectivity index (χ3v) is 4.45. The van der Waals surface area contributed by atoms with Crippen LogP contribution in [-0.4, -0.2) is 32.2 Å². The molecule has 0 N–H and O–H groups in total. The van der Waals surface area contributed by atoms with Gasteiger partial charge in [0.15, 0.2) is 15.6 Å². The fraction of sp³-hybridized carbons (Fsp3) is 0.417. The lowest BCUT2D eigenvalue weighted by Gasteiger charge is -2.10. The average molecular weight is 254 g/mol. The van der Waals surface area contributed by atoms with E-state index in [1.54, 1.807) is 25.1 Å².